The van der Waals surface area contributed by atoms with E-state index >= 15 is 0 Å². The van der Waals surface area contributed by atoms with Crippen LogP contribution in [0, 0.1) is 0 Å². The van der Waals surface area contributed by atoms with Crippen LogP contribution in [0.4, 0.5) is 0 Å². The molecule has 0 aromatic rings. The lowest BCUT2D eigenvalue weighted by molar-refractivity contribution is 0.536. The zero-order valence-corrected chi connectivity index (χ0v) is 20.9. The molecule has 190 valence electrons. The van der Waals surface area contributed by atoms with Crippen LogP contribution in [-0.4, -0.2) is 85.1 Å². The van der Waals surface area contributed by atoms with Crippen molar-refractivity contribution in [1.82, 2.24) is 31.9 Å². The first-order valence-corrected chi connectivity index (χ1v) is 13.2. The van der Waals surface area contributed by atoms with Crippen LogP contribution >= 0.6 is 0 Å². The second-order valence-corrected chi connectivity index (χ2v) is 8.28. The third kappa shape index (κ3) is 29.1. The fourth-order valence-corrected chi connectivity index (χ4v) is 3.22. The van der Waals surface area contributed by atoms with Crippen molar-refractivity contribution in [2.75, 3.05) is 85.1 Å². The summed E-state index contributed by atoms with van der Waals surface area (Å²) in [5, 5.41) is 24.5. The highest BCUT2D eigenvalue weighted by atomic mass is 15.1. The maximum Gasteiger partial charge on any atom is 0.0269 e. The number of nitrogens with one attached hydrogen (secondary N) is 6. The second-order valence-electron chi connectivity index (χ2n) is 8.28. The number of nitrogens with zero attached hydrogens (tertiary/aromatic N) is 3. The molecule has 0 amide bonds. The Hall–Kier alpha value is -0.930. The van der Waals surface area contributed by atoms with Gasteiger partial charge in [0.1, 0.15) is 0 Å². The first-order valence-electron chi connectivity index (χ1n) is 13.2. The van der Waals surface area contributed by atoms with Crippen molar-refractivity contribution in [3.63, 3.8) is 0 Å². The zero-order valence-electron chi connectivity index (χ0n) is 20.9. The van der Waals surface area contributed by atoms with E-state index in [0.29, 0.717) is 6.54 Å². The van der Waals surface area contributed by atoms with Gasteiger partial charge in [-0.25, -0.2) is 0 Å². The topological polar surface area (TPSA) is 121 Å². The largest absolute Gasteiger partial charge is 0.317 e. The normalized spacial score (nSPS) is 11.0. The molecule has 0 unspecified atom stereocenters. The van der Waals surface area contributed by atoms with Crippen LogP contribution in [-0.2, 0) is 0 Å². The summed E-state index contributed by atoms with van der Waals surface area (Å²) >= 11 is 0. The third-order valence-electron chi connectivity index (χ3n) is 5.17. The van der Waals surface area contributed by atoms with Crippen LogP contribution in [0.1, 0.15) is 64.7 Å². The molecule has 0 saturated carbocycles. The number of hydrogen-bond donors (Lipinski definition) is 6. The van der Waals surface area contributed by atoms with E-state index in [4.69, 9.17) is 5.53 Å². The zero-order chi connectivity index (χ0) is 23.2. The van der Waals surface area contributed by atoms with Crippen LogP contribution < -0.4 is 31.9 Å². The van der Waals surface area contributed by atoms with Gasteiger partial charge in [0.25, 0.3) is 0 Å². The Balaban J connectivity index is 3.00. The molecule has 9 heteroatoms. The van der Waals surface area contributed by atoms with Crippen molar-refractivity contribution in [1.29, 1.82) is 0 Å². The summed E-state index contributed by atoms with van der Waals surface area (Å²) in [7, 11) is 0. The molecule has 0 aromatic carbocycles. The van der Waals surface area contributed by atoms with Gasteiger partial charge in [-0.05, 0) is 135 Å². The summed E-state index contributed by atoms with van der Waals surface area (Å²) in [6, 6.07) is 0. The van der Waals surface area contributed by atoms with E-state index in [-0.39, 0.29) is 0 Å². The highest BCUT2D eigenvalue weighted by molar-refractivity contribution is 4.58. The van der Waals surface area contributed by atoms with Gasteiger partial charge in [-0.15, -0.1) is 0 Å². The molecule has 0 saturated heterocycles. The fraction of sp³-hybridized carbons (Fsp3) is 1.00. The van der Waals surface area contributed by atoms with Crippen LogP contribution in [0.25, 0.3) is 10.4 Å². The minimum absolute atomic E-state index is 0.584. The standard InChI is InChI=1S/C23H53N9/c1-2-3-11-25-14-6-17-28-18-7-15-26-12-4-5-13-27-16-8-19-29-20-9-21-30-22-10-23-31-32-24/h25-30H,2-23H2,1H3. The molecule has 0 rings (SSSR count). The van der Waals surface area contributed by atoms with Gasteiger partial charge in [0.15, 0.2) is 0 Å². The molecule has 6 N–H and O–H groups in total. The molecule has 9 nitrogen and oxygen atoms in total. The molecule has 0 aliphatic carbocycles. The Bertz CT molecular complexity index is 390. The van der Waals surface area contributed by atoms with Crippen molar-refractivity contribution in [3.8, 4) is 0 Å². The van der Waals surface area contributed by atoms with Crippen molar-refractivity contribution in [2.45, 2.75) is 64.7 Å². The van der Waals surface area contributed by atoms with E-state index < -0.39 is 0 Å². The summed E-state index contributed by atoms with van der Waals surface area (Å²) in [6.45, 7) is 15.9. The minimum Gasteiger partial charge on any atom is -0.317 e. The molecule has 0 aromatic heterocycles. The molecule has 0 aliphatic rings. The van der Waals surface area contributed by atoms with Gasteiger partial charge < -0.3 is 31.9 Å². The van der Waals surface area contributed by atoms with Gasteiger partial charge in [-0.3, -0.25) is 0 Å². The molecule has 0 atom stereocenters. The van der Waals surface area contributed by atoms with Crippen molar-refractivity contribution >= 4 is 0 Å². The lowest BCUT2D eigenvalue weighted by Crippen LogP contribution is -2.27. The van der Waals surface area contributed by atoms with Gasteiger partial charge >= 0.3 is 0 Å². The maximum atomic E-state index is 8.18. The molecule has 32 heavy (non-hydrogen) atoms. The van der Waals surface area contributed by atoms with E-state index in [1.165, 1.54) is 44.9 Å². The van der Waals surface area contributed by atoms with E-state index in [1.54, 1.807) is 0 Å². The first kappa shape index (κ1) is 31.1. The summed E-state index contributed by atoms with van der Waals surface area (Å²) in [4.78, 5) is 2.75. The molecule has 0 bridgehead atoms. The van der Waals surface area contributed by atoms with Gasteiger partial charge in [0, 0.05) is 11.5 Å². The van der Waals surface area contributed by atoms with Crippen LogP contribution in [0.15, 0.2) is 5.11 Å². The summed E-state index contributed by atoms with van der Waals surface area (Å²) in [5.74, 6) is 0. The molecule has 0 radical (unpaired) electrons. The molecule has 0 heterocycles. The Morgan fingerprint density at radius 2 is 0.781 bits per heavy atom. The quantitative estimate of drug-likeness (QED) is 0.0466. The lowest BCUT2D eigenvalue weighted by Gasteiger charge is -2.08. The lowest BCUT2D eigenvalue weighted by atomic mass is 10.3. The molecule has 0 spiro atoms. The Morgan fingerprint density at radius 1 is 0.469 bits per heavy atom. The van der Waals surface area contributed by atoms with Gasteiger partial charge in [0.05, 0.1) is 0 Å². The maximum absolute atomic E-state index is 8.18. The number of azide groups is 1. The van der Waals surface area contributed by atoms with E-state index in [0.717, 1.165) is 91.4 Å². The fourth-order valence-electron chi connectivity index (χ4n) is 3.22. The van der Waals surface area contributed by atoms with Crippen molar-refractivity contribution in [3.05, 3.63) is 10.4 Å². The van der Waals surface area contributed by atoms with E-state index in [2.05, 4.69) is 48.9 Å². The monoisotopic (exact) mass is 455 g/mol. The molecule has 0 aliphatic heterocycles. The van der Waals surface area contributed by atoms with Gasteiger partial charge in [0.2, 0.25) is 0 Å². The molecular weight excluding hydrogens is 402 g/mol. The predicted molar refractivity (Wildman–Crippen MR) is 138 cm³/mol. The van der Waals surface area contributed by atoms with E-state index in [9.17, 15) is 0 Å². The smallest absolute Gasteiger partial charge is 0.0269 e. The predicted octanol–water partition coefficient (Wildman–Crippen LogP) is 2.37. The Morgan fingerprint density at radius 3 is 1.12 bits per heavy atom. The highest BCUT2D eigenvalue weighted by Gasteiger charge is 1.93. The highest BCUT2D eigenvalue weighted by Crippen LogP contribution is 1.87. The summed E-state index contributed by atoms with van der Waals surface area (Å²) in [5.41, 5.74) is 8.18. The Labute approximate surface area is 197 Å². The Kier molecular flexibility index (Phi) is 29.2. The number of unbranched alkanes of at least 4 members (excludes halogenated alkanes) is 2. The van der Waals surface area contributed by atoms with Crippen molar-refractivity contribution < 1.29 is 0 Å². The minimum atomic E-state index is 0.584. The summed E-state index contributed by atoms with van der Waals surface area (Å²) < 4.78 is 0. The van der Waals surface area contributed by atoms with Gasteiger partial charge in [-0.1, -0.05) is 18.5 Å². The number of hydrogen-bond acceptors (Lipinski definition) is 7. The first-order chi connectivity index (χ1) is 15.9. The second kappa shape index (κ2) is 30.1. The number of rotatable bonds is 28. The van der Waals surface area contributed by atoms with Crippen molar-refractivity contribution in [2.24, 2.45) is 5.11 Å². The van der Waals surface area contributed by atoms with E-state index in [1.807, 2.05) is 0 Å². The molecular formula is C23H53N9. The van der Waals surface area contributed by atoms with Crippen LogP contribution in [0.2, 0.25) is 0 Å². The average Bonchev–Trinajstić information content (AvgIpc) is 2.81. The third-order valence-corrected chi connectivity index (χ3v) is 5.17. The SMILES string of the molecule is CCCCNCCCNCCCNCCCCNCCCNCCCNCCCN=[N+]=[N-]. The average molecular weight is 456 g/mol. The van der Waals surface area contributed by atoms with Gasteiger partial charge in [-0.2, -0.15) is 0 Å². The molecule has 0 fully saturated rings. The summed E-state index contributed by atoms with van der Waals surface area (Å²) in [6.07, 6.45) is 10.7. The van der Waals surface area contributed by atoms with Crippen LogP contribution in [0.5, 0.6) is 0 Å². The van der Waals surface area contributed by atoms with Crippen LogP contribution in [0.3, 0.4) is 0 Å².